The van der Waals surface area contributed by atoms with Crippen LogP contribution >= 0.6 is 0 Å². The van der Waals surface area contributed by atoms with Crippen LogP contribution in [0.4, 0.5) is 10.1 Å². The summed E-state index contributed by atoms with van der Waals surface area (Å²) in [6.45, 7) is 2.01. The van der Waals surface area contributed by atoms with Gasteiger partial charge in [-0.3, -0.25) is 4.79 Å². The minimum Gasteiger partial charge on any atom is -0.371 e. The van der Waals surface area contributed by atoms with Crippen LogP contribution in [0.1, 0.15) is 41.8 Å². The number of carbonyl (C=O) groups is 1. The standard InChI is InChI=1S/C23H20FN5O2/c1-13(31-17-7-8-17)14-2-5-16(6-3-14)25-23(30)18-12-15(4-9-19(18)24)20-10-11-21-22(26-20)28-29-27-21/h2-6,9-13,17H,7-8H2,1H3,(H,25,30)(H,26,27,28,29)/t13-/m1/s1. The van der Waals surface area contributed by atoms with E-state index in [0.29, 0.717) is 34.2 Å². The molecule has 2 heterocycles. The van der Waals surface area contributed by atoms with Crippen molar-refractivity contribution in [3.05, 3.63) is 71.5 Å². The highest BCUT2D eigenvalue weighted by atomic mass is 19.1. The van der Waals surface area contributed by atoms with E-state index in [9.17, 15) is 9.18 Å². The van der Waals surface area contributed by atoms with Gasteiger partial charge >= 0.3 is 0 Å². The normalized spacial score (nSPS) is 14.5. The van der Waals surface area contributed by atoms with Gasteiger partial charge in [0.15, 0.2) is 0 Å². The van der Waals surface area contributed by atoms with E-state index in [2.05, 4.69) is 25.7 Å². The topological polar surface area (TPSA) is 92.8 Å². The highest BCUT2D eigenvalue weighted by Gasteiger charge is 2.25. The number of ether oxygens (including phenoxy) is 1. The molecular weight excluding hydrogens is 397 g/mol. The zero-order valence-corrected chi connectivity index (χ0v) is 16.8. The second-order valence-corrected chi connectivity index (χ2v) is 7.61. The first-order valence-electron chi connectivity index (χ1n) is 10.1. The number of aromatic nitrogens is 4. The number of carbonyl (C=O) groups excluding carboxylic acids is 1. The molecule has 2 aromatic carbocycles. The number of benzene rings is 2. The van der Waals surface area contributed by atoms with E-state index < -0.39 is 11.7 Å². The van der Waals surface area contributed by atoms with Crippen LogP contribution in [0.2, 0.25) is 0 Å². The predicted octanol–water partition coefficient (Wildman–Crippen LogP) is 4.65. The third kappa shape index (κ3) is 4.15. The Morgan fingerprint density at radius 1 is 1.13 bits per heavy atom. The van der Waals surface area contributed by atoms with E-state index in [-0.39, 0.29) is 11.7 Å². The number of H-pyrrole nitrogens is 1. The van der Waals surface area contributed by atoms with Gasteiger partial charge in [0.05, 0.1) is 23.5 Å². The number of fused-ring (bicyclic) bond motifs is 1. The van der Waals surface area contributed by atoms with Crippen molar-refractivity contribution >= 4 is 22.8 Å². The lowest BCUT2D eigenvalue weighted by Crippen LogP contribution is -2.14. The maximum Gasteiger partial charge on any atom is 0.258 e. The van der Waals surface area contributed by atoms with Crippen molar-refractivity contribution in [1.82, 2.24) is 20.4 Å². The summed E-state index contributed by atoms with van der Waals surface area (Å²) < 4.78 is 20.3. The zero-order valence-electron chi connectivity index (χ0n) is 16.8. The number of rotatable bonds is 6. The second-order valence-electron chi connectivity index (χ2n) is 7.61. The average Bonchev–Trinajstić information content (AvgIpc) is 3.47. The number of nitrogens with zero attached hydrogens (tertiary/aromatic N) is 3. The monoisotopic (exact) mass is 417 g/mol. The molecule has 0 spiro atoms. The number of amides is 1. The van der Waals surface area contributed by atoms with E-state index in [1.165, 1.54) is 12.1 Å². The Hall–Kier alpha value is -3.65. The lowest BCUT2D eigenvalue weighted by Gasteiger charge is -2.14. The minimum absolute atomic E-state index is 0.000864. The Kier molecular flexibility index (Phi) is 4.91. The van der Waals surface area contributed by atoms with Crippen molar-refractivity contribution in [3.63, 3.8) is 0 Å². The van der Waals surface area contributed by atoms with Crippen LogP contribution in [0.25, 0.3) is 22.4 Å². The molecule has 5 rings (SSSR count). The SMILES string of the molecule is C[C@@H](OC1CC1)c1ccc(NC(=O)c2cc(-c3ccc4n[nH]nc4n3)ccc2F)cc1. The van der Waals surface area contributed by atoms with Gasteiger partial charge in [-0.15, -0.1) is 5.10 Å². The van der Waals surface area contributed by atoms with Crippen LogP contribution in [0.3, 0.4) is 0 Å². The smallest absolute Gasteiger partial charge is 0.258 e. The maximum atomic E-state index is 14.4. The van der Waals surface area contributed by atoms with Crippen molar-refractivity contribution < 1.29 is 13.9 Å². The van der Waals surface area contributed by atoms with Crippen molar-refractivity contribution in [2.75, 3.05) is 5.32 Å². The molecule has 1 amide bonds. The second kappa shape index (κ2) is 7.88. The summed E-state index contributed by atoms with van der Waals surface area (Å²) in [4.78, 5) is 17.1. The quantitative estimate of drug-likeness (QED) is 0.476. The van der Waals surface area contributed by atoms with Crippen LogP contribution in [0, 0.1) is 5.82 Å². The molecule has 2 aromatic heterocycles. The van der Waals surface area contributed by atoms with Crippen LogP contribution in [-0.2, 0) is 4.74 Å². The number of nitrogens with one attached hydrogen (secondary N) is 2. The Morgan fingerprint density at radius 3 is 2.71 bits per heavy atom. The molecular formula is C23H20FN5O2. The molecule has 31 heavy (non-hydrogen) atoms. The maximum absolute atomic E-state index is 14.4. The number of hydrogen-bond donors (Lipinski definition) is 2. The lowest BCUT2D eigenvalue weighted by atomic mass is 10.1. The Bertz CT molecular complexity index is 1250. The molecule has 0 bridgehead atoms. The van der Waals surface area contributed by atoms with Gasteiger partial charge in [0.2, 0.25) is 5.65 Å². The summed E-state index contributed by atoms with van der Waals surface area (Å²) in [7, 11) is 0. The first kappa shape index (κ1) is 19.3. The van der Waals surface area contributed by atoms with Gasteiger partial charge in [0.25, 0.3) is 5.91 Å². The highest BCUT2D eigenvalue weighted by Crippen LogP contribution is 2.31. The van der Waals surface area contributed by atoms with Crippen molar-refractivity contribution in [1.29, 1.82) is 0 Å². The molecule has 4 aromatic rings. The number of aromatic amines is 1. The van der Waals surface area contributed by atoms with Crippen LogP contribution < -0.4 is 5.32 Å². The van der Waals surface area contributed by atoms with Crippen molar-refractivity contribution in [2.24, 2.45) is 0 Å². The molecule has 0 aliphatic heterocycles. The van der Waals surface area contributed by atoms with Gasteiger partial charge in [-0.25, -0.2) is 9.37 Å². The molecule has 7 nitrogen and oxygen atoms in total. The minimum atomic E-state index is -0.605. The summed E-state index contributed by atoms with van der Waals surface area (Å²) >= 11 is 0. The van der Waals surface area contributed by atoms with Gasteiger partial charge < -0.3 is 10.1 Å². The number of anilines is 1. The molecule has 156 valence electrons. The van der Waals surface area contributed by atoms with Crippen LogP contribution in [-0.4, -0.2) is 32.4 Å². The average molecular weight is 417 g/mol. The molecule has 0 unspecified atom stereocenters. The summed E-state index contributed by atoms with van der Waals surface area (Å²) in [5.74, 6) is -1.14. The predicted molar refractivity (Wildman–Crippen MR) is 114 cm³/mol. The first-order valence-corrected chi connectivity index (χ1v) is 10.1. The van der Waals surface area contributed by atoms with E-state index in [4.69, 9.17) is 4.74 Å². The fourth-order valence-electron chi connectivity index (χ4n) is 3.36. The summed E-state index contributed by atoms with van der Waals surface area (Å²) in [5.41, 5.74) is 3.82. The third-order valence-corrected chi connectivity index (χ3v) is 5.25. The summed E-state index contributed by atoms with van der Waals surface area (Å²) in [6, 6.07) is 15.2. The first-order chi connectivity index (χ1) is 15.1. The molecule has 0 radical (unpaired) electrons. The summed E-state index contributed by atoms with van der Waals surface area (Å²) in [5, 5.41) is 13.2. The Morgan fingerprint density at radius 2 is 1.94 bits per heavy atom. The largest absolute Gasteiger partial charge is 0.371 e. The molecule has 1 fully saturated rings. The Labute approximate surface area is 177 Å². The van der Waals surface area contributed by atoms with E-state index in [1.807, 2.05) is 19.1 Å². The number of halogens is 1. The fraction of sp³-hybridized carbons (Fsp3) is 0.217. The third-order valence-electron chi connectivity index (χ3n) is 5.25. The van der Waals surface area contributed by atoms with E-state index in [0.717, 1.165) is 18.4 Å². The molecule has 1 aliphatic rings. The van der Waals surface area contributed by atoms with Gasteiger partial charge in [0.1, 0.15) is 11.3 Å². The van der Waals surface area contributed by atoms with Crippen molar-refractivity contribution in [3.8, 4) is 11.3 Å². The highest BCUT2D eigenvalue weighted by molar-refractivity contribution is 6.05. The molecule has 1 aliphatic carbocycles. The molecule has 1 atom stereocenters. The van der Waals surface area contributed by atoms with Gasteiger partial charge in [-0.1, -0.05) is 12.1 Å². The lowest BCUT2D eigenvalue weighted by molar-refractivity contribution is 0.0519. The van der Waals surface area contributed by atoms with E-state index in [1.54, 1.807) is 30.3 Å². The van der Waals surface area contributed by atoms with Gasteiger partial charge in [-0.2, -0.15) is 10.3 Å². The van der Waals surface area contributed by atoms with Gasteiger partial charge in [0, 0.05) is 11.3 Å². The number of hydrogen-bond acceptors (Lipinski definition) is 5. The molecule has 0 saturated heterocycles. The van der Waals surface area contributed by atoms with E-state index >= 15 is 0 Å². The summed E-state index contributed by atoms with van der Waals surface area (Å²) in [6.07, 6.45) is 2.60. The van der Waals surface area contributed by atoms with Gasteiger partial charge in [-0.05, 0) is 67.8 Å². The fourth-order valence-corrected chi connectivity index (χ4v) is 3.36. The molecule has 8 heteroatoms. The molecule has 2 N–H and O–H groups in total. The van der Waals surface area contributed by atoms with Crippen LogP contribution in [0.5, 0.6) is 0 Å². The van der Waals surface area contributed by atoms with Crippen LogP contribution in [0.15, 0.2) is 54.6 Å². The number of pyridine rings is 1. The Balaban J connectivity index is 1.34. The van der Waals surface area contributed by atoms with Crippen molar-refractivity contribution in [2.45, 2.75) is 32.0 Å². The zero-order chi connectivity index (χ0) is 21.4. The molecule has 1 saturated carbocycles.